The number of benzene rings is 1. The molecule has 1 aliphatic rings. The molecule has 4 rings (SSSR count). The molecule has 2 N–H and O–H groups in total. The minimum atomic E-state index is -0.0796. The third kappa shape index (κ3) is 5.32. The van der Waals surface area contributed by atoms with Crippen LogP contribution in [0.4, 0.5) is 11.8 Å². The summed E-state index contributed by atoms with van der Waals surface area (Å²) in [5.74, 6) is 2.04. The maximum absolute atomic E-state index is 12.7. The molecule has 2 aromatic heterocycles. The molecule has 34 heavy (non-hydrogen) atoms. The number of nitrogens with one attached hydrogen (secondary N) is 2. The molecule has 0 radical (unpaired) electrons. The number of hydrogen-bond donors (Lipinski definition) is 2. The number of aromatic nitrogens is 4. The van der Waals surface area contributed by atoms with E-state index in [0.29, 0.717) is 30.1 Å². The summed E-state index contributed by atoms with van der Waals surface area (Å²) >= 11 is 0. The Bertz CT molecular complexity index is 1150. The molecule has 2 heterocycles. The molecule has 0 bridgehead atoms. The van der Waals surface area contributed by atoms with Gasteiger partial charge in [0.25, 0.3) is 5.91 Å². The molecular formula is C26H37N7O. The van der Waals surface area contributed by atoms with Gasteiger partial charge < -0.3 is 15.5 Å². The largest absolute Gasteiger partial charge is 0.362 e. The molecule has 3 aromatic rings. The van der Waals surface area contributed by atoms with Crippen molar-refractivity contribution in [2.45, 2.75) is 57.9 Å². The molecular weight excluding hydrogens is 426 g/mol. The summed E-state index contributed by atoms with van der Waals surface area (Å²) in [5.41, 5.74) is 2.42. The Labute approximate surface area is 202 Å². The second-order valence-electron chi connectivity index (χ2n) is 10.6. The lowest BCUT2D eigenvalue weighted by Crippen LogP contribution is -2.34. The predicted molar refractivity (Wildman–Crippen MR) is 137 cm³/mol. The highest BCUT2D eigenvalue weighted by atomic mass is 16.2. The van der Waals surface area contributed by atoms with E-state index in [-0.39, 0.29) is 11.3 Å². The summed E-state index contributed by atoms with van der Waals surface area (Å²) in [4.78, 5) is 24.3. The Morgan fingerprint density at radius 1 is 1.12 bits per heavy atom. The number of carbonyl (C=O) groups is 1. The van der Waals surface area contributed by atoms with E-state index in [9.17, 15) is 4.79 Å². The molecule has 1 amide bonds. The summed E-state index contributed by atoms with van der Waals surface area (Å²) in [7, 11) is 5.85. The smallest absolute Gasteiger partial charge is 0.269 e. The number of carbonyl (C=O) groups excluding carboxylic acids is 1. The molecule has 8 heteroatoms. The van der Waals surface area contributed by atoms with Gasteiger partial charge in [-0.05, 0) is 49.8 Å². The summed E-state index contributed by atoms with van der Waals surface area (Å²) in [6, 6.07) is 10.4. The van der Waals surface area contributed by atoms with Gasteiger partial charge in [-0.3, -0.25) is 9.48 Å². The Hall–Kier alpha value is -3.16. The van der Waals surface area contributed by atoms with Crippen LogP contribution < -0.4 is 15.5 Å². The van der Waals surface area contributed by atoms with Crippen LogP contribution >= 0.6 is 0 Å². The van der Waals surface area contributed by atoms with Gasteiger partial charge in [0, 0.05) is 44.5 Å². The molecule has 1 aliphatic carbocycles. The van der Waals surface area contributed by atoms with Crippen molar-refractivity contribution < 1.29 is 4.79 Å². The van der Waals surface area contributed by atoms with Gasteiger partial charge in [-0.1, -0.05) is 32.9 Å². The van der Waals surface area contributed by atoms with E-state index >= 15 is 0 Å². The SMILES string of the molecule is CN(C)c1nc(NC2CCC(CNC(=O)c3cc(C(C)(C)C)nn3C)CC2)nc2ccccc12. The van der Waals surface area contributed by atoms with Crippen molar-refractivity contribution in [1.29, 1.82) is 0 Å². The van der Waals surface area contributed by atoms with Gasteiger partial charge in [-0.15, -0.1) is 0 Å². The van der Waals surface area contributed by atoms with Crippen LogP contribution in [0.2, 0.25) is 0 Å². The molecule has 0 unspecified atom stereocenters. The highest BCUT2D eigenvalue weighted by Crippen LogP contribution is 2.28. The Kier molecular flexibility index (Phi) is 6.77. The second-order valence-corrected chi connectivity index (χ2v) is 10.6. The van der Waals surface area contributed by atoms with Crippen LogP contribution in [0.5, 0.6) is 0 Å². The van der Waals surface area contributed by atoms with Crippen molar-refractivity contribution >= 4 is 28.6 Å². The lowest BCUT2D eigenvalue weighted by molar-refractivity contribution is 0.0934. The normalized spacial score (nSPS) is 18.6. The van der Waals surface area contributed by atoms with Crippen molar-refractivity contribution in [3.05, 3.63) is 41.7 Å². The fourth-order valence-corrected chi connectivity index (χ4v) is 4.53. The standard InChI is InChI=1S/C26H37N7O/c1-26(2,3)22-15-21(33(6)31-22)24(34)27-16-17-11-13-18(14-12-17)28-25-29-20-10-8-7-9-19(20)23(30-25)32(4)5/h7-10,15,17-18H,11-14,16H2,1-6H3,(H,27,34)(H,28,29,30). The zero-order valence-corrected chi connectivity index (χ0v) is 21.2. The van der Waals surface area contributed by atoms with Crippen LogP contribution in [-0.4, -0.2) is 52.3 Å². The van der Waals surface area contributed by atoms with Crippen molar-refractivity contribution in [2.24, 2.45) is 13.0 Å². The van der Waals surface area contributed by atoms with Gasteiger partial charge in [0.1, 0.15) is 11.5 Å². The number of nitrogens with zero attached hydrogens (tertiary/aromatic N) is 5. The lowest BCUT2D eigenvalue weighted by atomic mass is 9.86. The second kappa shape index (κ2) is 9.60. The van der Waals surface area contributed by atoms with Gasteiger partial charge in [0.2, 0.25) is 5.95 Å². The van der Waals surface area contributed by atoms with E-state index in [1.807, 2.05) is 50.3 Å². The Morgan fingerprint density at radius 3 is 2.47 bits per heavy atom. The summed E-state index contributed by atoms with van der Waals surface area (Å²) in [6.45, 7) is 7.01. The van der Waals surface area contributed by atoms with Crippen LogP contribution in [0.25, 0.3) is 10.9 Å². The van der Waals surface area contributed by atoms with Crippen molar-refractivity contribution in [3.63, 3.8) is 0 Å². The maximum Gasteiger partial charge on any atom is 0.269 e. The van der Waals surface area contributed by atoms with Crippen LogP contribution in [0.15, 0.2) is 30.3 Å². The van der Waals surface area contributed by atoms with E-state index in [0.717, 1.165) is 48.1 Å². The fourth-order valence-electron chi connectivity index (χ4n) is 4.53. The number of para-hydroxylation sites is 1. The minimum absolute atomic E-state index is 0.0495. The highest BCUT2D eigenvalue weighted by molar-refractivity contribution is 5.92. The van der Waals surface area contributed by atoms with Crippen LogP contribution in [-0.2, 0) is 12.5 Å². The van der Waals surface area contributed by atoms with Gasteiger partial charge in [-0.25, -0.2) is 4.98 Å². The fraction of sp³-hybridized carbons (Fsp3) is 0.538. The average molecular weight is 464 g/mol. The first-order valence-corrected chi connectivity index (χ1v) is 12.1. The summed E-state index contributed by atoms with van der Waals surface area (Å²) in [6.07, 6.45) is 4.19. The Morgan fingerprint density at radius 2 is 1.82 bits per heavy atom. The van der Waals surface area contributed by atoms with Crippen molar-refractivity contribution in [3.8, 4) is 0 Å². The molecule has 8 nitrogen and oxygen atoms in total. The number of hydrogen-bond acceptors (Lipinski definition) is 6. The number of fused-ring (bicyclic) bond motifs is 1. The van der Waals surface area contributed by atoms with Crippen LogP contribution in [0, 0.1) is 5.92 Å². The number of aryl methyl sites for hydroxylation is 1. The average Bonchev–Trinajstić information content (AvgIpc) is 3.20. The zero-order chi connectivity index (χ0) is 24.5. The Balaban J connectivity index is 1.31. The summed E-state index contributed by atoms with van der Waals surface area (Å²) in [5, 5.41) is 12.3. The van der Waals surface area contributed by atoms with Gasteiger partial charge in [-0.2, -0.15) is 10.1 Å². The van der Waals surface area contributed by atoms with E-state index in [1.165, 1.54) is 0 Å². The molecule has 1 saturated carbocycles. The first-order valence-electron chi connectivity index (χ1n) is 12.1. The van der Waals surface area contributed by atoms with Crippen LogP contribution in [0.1, 0.15) is 62.6 Å². The number of amides is 1. The first-order chi connectivity index (χ1) is 16.1. The van der Waals surface area contributed by atoms with E-state index < -0.39 is 0 Å². The topological polar surface area (TPSA) is 88.0 Å². The molecule has 0 saturated heterocycles. The number of anilines is 2. The minimum Gasteiger partial charge on any atom is -0.362 e. The van der Waals surface area contributed by atoms with E-state index in [2.05, 4.69) is 42.6 Å². The first kappa shape index (κ1) is 24.0. The van der Waals surface area contributed by atoms with Crippen molar-refractivity contribution in [2.75, 3.05) is 30.9 Å². The quantitative estimate of drug-likeness (QED) is 0.572. The van der Waals surface area contributed by atoms with Gasteiger partial charge in [0.15, 0.2) is 0 Å². The predicted octanol–water partition coefficient (Wildman–Crippen LogP) is 4.13. The van der Waals surface area contributed by atoms with Gasteiger partial charge in [0.05, 0.1) is 11.2 Å². The third-order valence-electron chi connectivity index (χ3n) is 6.62. The van der Waals surface area contributed by atoms with Crippen molar-refractivity contribution in [1.82, 2.24) is 25.1 Å². The molecule has 0 atom stereocenters. The summed E-state index contributed by atoms with van der Waals surface area (Å²) < 4.78 is 1.68. The van der Waals surface area contributed by atoms with E-state index in [4.69, 9.17) is 9.97 Å². The molecule has 1 fully saturated rings. The zero-order valence-electron chi connectivity index (χ0n) is 21.2. The number of rotatable bonds is 6. The maximum atomic E-state index is 12.7. The molecule has 0 aliphatic heterocycles. The highest BCUT2D eigenvalue weighted by Gasteiger charge is 2.25. The monoisotopic (exact) mass is 463 g/mol. The van der Waals surface area contributed by atoms with E-state index in [1.54, 1.807) is 4.68 Å². The van der Waals surface area contributed by atoms with Gasteiger partial charge >= 0.3 is 0 Å². The van der Waals surface area contributed by atoms with Crippen LogP contribution in [0.3, 0.4) is 0 Å². The molecule has 1 aromatic carbocycles. The molecule has 182 valence electrons. The molecule has 0 spiro atoms. The lowest BCUT2D eigenvalue weighted by Gasteiger charge is -2.29. The third-order valence-corrected chi connectivity index (χ3v) is 6.62.